The van der Waals surface area contributed by atoms with Crippen molar-refractivity contribution in [1.82, 2.24) is 5.32 Å². The molecule has 17 heavy (non-hydrogen) atoms. The van der Waals surface area contributed by atoms with Crippen molar-refractivity contribution in [3.8, 4) is 12.3 Å². The molecule has 0 unspecified atom stereocenters. The minimum absolute atomic E-state index is 0.199. The summed E-state index contributed by atoms with van der Waals surface area (Å²) in [6.07, 6.45) is 9.92. The van der Waals surface area contributed by atoms with Crippen LogP contribution in [0.5, 0.6) is 0 Å². The monoisotopic (exact) mass is 236 g/mol. The maximum Gasteiger partial charge on any atom is 0.0591 e. The van der Waals surface area contributed by atoms with Gasteiger partial charge in [0.05, 0.1) is 13.2 Å². The second kappa shape index (κ2) is 8.89. The van der Waals surface area contributed by atoms with Crippen molar-refractivity contribution in [1.29, 1.82) is 0 Å². The van der Waals surface area contributed by atoms with E-state index in [4.69, 9.17) is 16.7 Å². The van der Waals surface area contributed by atoms with Gasteiger partial charge >= 0.3 is 0 Å². The minimum atomic E-state index is 0.199. The lowest BCUT2D eigenvalue weighted by atomic mass is 9.92. The zero-order valence-corrected chi connectivity index (χ0v) is 10.1. The molecule has 1 N–H and O–H groups in total. The van der Waals surface area contributed by atoms with E-state index in [9.17, 15) is 0 Å². The molecule has 5 nitrogen and oxygen atoms in total. The predicted molar refractivity (Wildman–Crippen MR) is 67.5 cm³/mol. The third-order valence-corrected chi connectivity index (χ3v) is 2.98. The third-order valence-electron chi connectivity index (χ3n) is 2.98. The van der Waals surface area contributed by atoms with Crippen LogP contribution in [0, 0.1) is 12.3 Å². The van der Waals surface area contributed by atoms with Gasteiger partial charge in [-0.25, -0.2) is 0 Å². The second-order valence-corrected chi connectivity index (χ2v) is 4.23. The maximum atomic E-state index is 8.34. The molecule has 0 aliphatic heterocycles. The molecule has 0 saturated heterocycles. The Morgan fingerprint density at radius 3 is 2.76 bits per heavy atom. The lowest BCUT2D eigenvalue weighted by Gasteiger charge is -2.26. The standard InChI is InChI=1S/C12H20N4O/c1-2-3-9-17-10-8-14-11-4-6-12(7-5-11)15-16-13/h1,11-12,14H,3-10H2. The third kappa shape index (κ3) is 6.18. The first-order valence-corrected chi connectivity index (χ1v) is 6.15. The van der Waals surface area contributed by atoms with E-state index in [2.05, 4.69) is 21.3 Å². The average Bonchev–Trinajstić information content (AvgIpc) is 2.36. The molecule has 1 saturated carbocycles. The maximum absolute atomic E-state index is 8.34. The van der Waals surface area contributed by atoms with Gasteiger partial charge in [-0.1, -0.05) is 5.11 Å². The van der Waals surface area contributed by atoms with E-state index in [0.717, 1.165) is 32.2 Å². The van der Waals surface area contributed by atoms with Crippen molar-refractivity contribution in [3.05, 3.63) is 10.4 Å². The molecule has 0 heterocycles. The Balaban J connectivity index is 1.99. The van der Waals surface area contributed by atoms with Crippen molar-refractivity contribution in [2.24, 2.45) is 5.11 Å². The van der Waals surface area contributed by atoms with Gasteiger partial charge in [0.25, 0.3) is 0 Å². The molecule has 1 rings (SSSR count). The largest absolute Gasteiger partial charge is 0.379 e. The highest BCUT2D eigenvalue weighted by molar-refractivity contribution is 4.83. The molecule has 0 bridgehead atoms. The quantitative estimate of drug-likeness (QED) is 0.242. The molecular weight excluding hydrogens is 216 g/mol. The number of hydrogen-bond acceptors (Lipinski definition) is 3. The number of rotatable bonds is 7. The van der Waals surface area contributed by atoms with E-state index in [1.54, 1.807) is 0 Å². The van der Waals surface area contributed by atoms with Gasteiger partial charge in [0.1, 0.15) is 0 Å². The van der Waals surface area contributed by atoms with E-state index >= 15 is 0 Å². The summed E-state index contributed by atoms with van der Waals surface area (Å²) in [5, 5.41) is 7.21. The normalized spacial score (nSPS) is 23.7. The fourth-order valence-corrected chi connectivity index (χ4v) is 2.04. The van der Waals surface area contributed by atoms with Crippen molar-refractivity contribution < 1.29 is 4.74 Å². The Bertz CT molecular complexity index is 285. The molecule has 1 aliphatic carbocycles. The summed E-state index contributed by atoms with van der Waals surface area (Å²) < 4.78 is 5.35. The zero-order chi connectivity index (χ0) is 12.3. The van der Waals surface area contributed by atoms with Crippen LogP contribution in [0.15, 0.2) is 5.11 Å². The summed E-state index contributed by atoms with van der Waals surface area (Å²) in [5.74, 6) is 2.54. The highest BCUT2D eigenvalue weighted by Crippen LogP contribution is 2.21. The first kappa shape index (κ1) is 13.9. The van der Waals surface area contributed by atoms with Crippen LogP contribution >= 0.6 is 0 Å². The van der Waals surface area contributed by atoms with Crippen LogP contribution in [0.3, 0.4) is 0 Å². The van der Waals surface area contributed by atoms with Gasteiger partial charge in [0.15, 0.2) is 0 Å². The van der Waals surface area contributed by atoms with Gasteiger partial charge in [-0.05, 0) is 31.2 Å². The highest BCUT2D eigenvalue weighted by Gasteiger charge is 2.19. The number of nitrogens with one attached hydrogen (secondary N) is 1. The molecule has 0 aromatic rings. The smallest absolute Gasteiger partial charge is 0.0591 e. The fourth-order valence-electron chi connectivity index (χ4n) is 2.04. The molecule has 1 aliphatic rings. The Labute approximate surface area is 103 Å². The molecule has 0 radical (unpaired) electrons. The SMILES string of the molecule is C#CCCOCCNC1CCC(N=[N+]=[N-])CC1. The Morgan fingerprint density at radius 1 is 1.35 bits per heavy atom. The molecule has 5 heteroatoms. The Hall–Kier alpha value is -1.21. The number of ether oxygens (including phenoxy) is 1. The zero-order valence-electron chi connectivity index (χ0n) is 10.1. The van der Waals surface area contributed by atoms with Crippen molar-refractivity contribution >= 4 is 0 Å². The molecule has 0 aromatic carbocycles. The van der Waals surface area contributed by atoms with E-state index in [-0.39, 0.29) is 6.04 Å². The molecule has 0 aromatic heterocycles. The van der Waals surface area contributed by atoms with Crippen LogP contribution in [0.4, 0.5) is 0 Å². The van der Waals surface area contributed by atoms with Crippen LogP contribution < -0.4 is 5.32 Å². The summed E-state index contributed by atoms with van der Waals surface area (Å²) in [7, 11) is 0. The first-order chi connectivity index (χ1) is 8.36. The summed E-state index contributed by atoms with van der Waals surface area (Å²) in [6, 6.07) is 0.737. The molecule has 94 valence electrons. The summed E-state index contributed by atoms with van der Waals surface area (Å²) in [6.45, 7) is 2.21. The van der Waals surface area contributed by atoms with Crippen LogP contribution in [0.2, 0.25) is 0 Å². The van der Waals surface area contributed by atoms with Gasteiger partial charge < -0.3 is 10.1 Å². The Kier molecular flexibility index (Phi) is 7.24. The van der Waals surface area contributed by atoms with E-state index in [1.807, 2.05) is 0 Å². The average molecular weight is 236 g/mol. The van der Waals surface area contributed by atoms with E-state index in [1.165, 1.54) is 0 Å². The number of azide groups is 1. The number of hydrogen-bond donors (Lipinski definition) is 1. The van der Waals surface area contributed by atoms with Gasteiger partial charge in [-0.3, -0.25) is 0 Å². The summed E-state index contributed by atoms with van der Waals surface area (Å²) in [4.78, 5) is 2.86. The topological polar surface area (TPSA) is 70.0 Å². The summed E-state index contributed by atoms with van der Waals surface area (Å²) >= 11 is 0. The van der Waals surface area contributed by atoms with Gasteiger partial charge in [0, 0.05) is 30.0 Å². The second-order valence-electron chi connectivity index (χ2n) is 4.23. The fraction of sp³-hybridized carbons (Fsp3) is 0.833. The molecule has 1 fully saturated rings. The number of terminal acetylenes is 1. The van der Waals surface area contributed by atoms with E-state index < -0.39 is 0 Å². The van der Waals surface area contributed by atoms with Crippen molar-refractivity contribution in [3.63, 3.8) is 0 Å². The molecule has 0 atom stereocenters. The predicted octanol–water partition coefficient (Wildman–Crippen LogP) is 2.24. The van der Waals surface area contributed by atoms with Crippen molar-refractivity contribution in [2.45, 2.75) is 44.2 Å². The van der Waals surface area contributed by atoms with Crippen LogP contribution in [-0.4, -0.2) is 31.8 Å². The lowest BCUT2D eigenvalue weighted by molar-refractivity contribution is 0.137. The van der Waals surface area contributed by atoms with Crippen LogP contribution in [0.1, 0.15) is 32.1 Å². The van der Waals surface area contributed by atoms with Crippen LogP contribution in [-0.2, 0) is 4.74 Å². The van der Waals surface area contributed by atoms with Gasteiger partial charge in [0.2, 0.25) is 0 Å². The first-order valence-electron chi connectivity index (χ1n) is 6.15. The Morgan fingerprint density at radius 2 is 2.12 bits per heavy atom. The molecule has 0 spiro atoms. The van der Waals surface area contributed by atoms with Gasteiger partial charge in [-0.2, -0.15) is 0 Å². The lowest BCUT2D eigenvalue weighted by Crippen LogP contribution is -2.36. The van der Waals surface area contributed by atoms with Crippen LogP contribution in [0.25, 0.3) is 10.4 Å². The number of nitrogens with zero attached hydrogens (tertiary/aromatic N) is 3. The minimum Gasteiger partial charge on any atom is -0.379 e. The molecular formula is C12H20N4O. The highest BCUT2D eigenvalue weighted by atomic mass is 16.5. The summed E-state index contributed by atoms with van der Waals surface area (Å²) in [5.41, 5.74) is 8.34. The molecule has 0 amide bonds. The van der Waals surface area contributed by atoms with E-state index in [0.29, 0.717) is 25.7 Å². The van der Waals surface area contributed by atoms with Gasteiger partial charge in [-0.15, -0.1) is 12.3 Å². The van der Waals surface area contributed by atoms with Crippen molar-refractivity contribution in [2.75, 3.05) is 19.8 Å².